The number of fused-ring (bicyclic) bond motifs is 1. The number of aromatic nitrogens is 1. The molecule has 0 radical (unpaired) electrons. The number of nitrogens with one attached hydrogen (secondary N) is 1. The van der Waals surface area contributed by atoms with Crippen molar-refractivity contribution in [2.45, 2.75) is 6.42 Å². The highest BCUT2D eigenvalue weighted by atomic mass is 32.1. The molecule has 4 rings (SSSR count). The van der Waals surface area contributed by atoms with Crippen molar-refractivity contribution in [3.05, 3.63) is 70.4 Å². The molecule has 0 aliphatic carbocycles. The molecule has 0 saturated heterocycles. The van der Waals surface area contributed by atoms with E-state index >= 15 is 0 Å². The Bertz CT molecular complexity index is 1110. The molecule has 2 aromatic heterocycles. The van der Waals surface area contributed by atoms with Crippen molar-refractivity contribution in [3.63, 3.8) is 0 Å². The lowest BCUT2D eigenvalue weighted by Crippen LogP contribution is -2.21. The predicted molar refractivity (Wildman–Crippen MR) is 113 cm³/mol. The Labute approximate surface area is 169 Å². The fourth-order valence-electron chi connectivity index (χ4n) is 2.77. The zero-order chi connectivity index (χ0) is 19.3. The van der Waals surface area contributed by atoms with Crippen LogP contribution < -0.4 is 5.32 Å². The van der Waals surface area contributed by atoms with Crippen LogP contribution >= 0.6 is 22.7 Å². The standard InChI is InChI=1S/C21H16N2O3S2/c24-19(23-18-7-3-5-14-4-1-2-6-17(14)18)11-26-20(25)10-16-13-28-21(22-16)15-8-9-27-12-15/h1-9,12-13H,10-11H2,(H,23,24). The van der Waals surface area contributed by atoms with Crippen LogP contribution in [0.2, 0.25) is 0 Å². The molecule has 0 spiro atoms. The van der Waals surface area contributed by atoms with Gasteiger partial charge in [-0.15, -0.1) is 11.3 Å². The molecule has 4 aromatic rings. The number of rotatable bonds is 6. The van der Waals surface area contributed by atoms with E-state index in [-0.39, 0.29) is 18.9 Å². The maximum absolute atomic E-state index is 12.2. The van der Waals surface area contributed by atoms with Crippen LogP contribution in [0, 0.1) is 0 Å². The minimum atomic E-state index is -0.477. The van der Waals surface area contributed by atoms with E-state index < -0.39 is 5.97 Å². The van der Waals surface area contributed by atoms with Crippen molar-refractivity contribution < 1.29 is 14.3 Å². The molecule has 5 nitrogen and oxygen atoms in total. The van der Waals surface area contributed by atoms with Crippen molar-refractivity contribution in [1.29, 1.82) is 0 Å². The minimum Gasteiger partial charge on any atom is -0.455 e. The summed E-state index contributed by atoms with van der Waals surface area (Å²) in [5.41, 5.74) is 2.38. The van der Waals surface area contributed by atoms with Gasteiger partial charge in [-0.2, -0.15) is 11.3 Å². The van der Waals surface area contributed by atoms with Gasteiger partial charge in [0, 0.05) is 27.4 Å². The van der Waals surface area contributed by atoms with Gasteiger partial charge >= 0.3 is 5.97 Å². The Hall–Kier alpha value is -3.03. The normalized spacial score (nSPS) is 10.7. The number of thiophene rings is 1. The van der Waals surface area contributed by atoms with E-state index in [1.54, 1.807) is 11.3 Å². The maximum Gasteiger partial charge on any atom is 0.312 e. The quantitative estimate of drug-likeness (QED) is 0.468. The highest BCUT2D eigenvalue weighted by molar-refractivity contribution is 7.14. The summed E-state index contributed by atoms with van der Waals surface area (Å²) in [5.74, 6) is -0.850. The first-order chi connectivity index (χ1) is 13.7. The summed E-state index contributed by atoms with van der Waals surface area (Å²) in [4.78, 5) is 28.7. The summed E-state index contributed by atoms with van der Waals surface area (Å²) in [7, 11) is 0. The number of nitrogens with zero attached hydrogens (tertiary/aromatic N) is 1. The van der Waals surface area contributed by atoms with Crippen LogP contribution in [0.4, 0.5) is 5.69 Å². The Kier molecular flexibility index (Phi) is 5.45. The average molecular weight is 409 g/mol. The van der Waals surface area contributed by atoms with Gasteiger partial charge in [-0.3, -0.25) is 9.59 Å². The number of carbonyl (C=O) groups is 2. The average Bonchev–Trinajstić information content (AvgIpc) is 3.38. The van der Waals surface area contributed by atoms with E-state index in [1.165, 1.54) is 11.3 Å². The SMILES string of the molecule is O=C(COC(=O)Cc1csc(-c2ccsc2)n1)Nc1cccc2ccccc12. The number of hydrogen-bond acceptors (Lipinski definition) is 6. The van der Waals surface area contributed by atoms with Crippen molar-refractivity contribution in [2.75, 3.05) is 11.9 Å². The summed E-state index contributed by atoms with van der Waals surface area (Å²) in [6.07, 6.45) is 0.0438. The van der Waals surface area contributed by atoms with Crippen molar-refractivity contribution in [2.24, 2.45) is 0 Å². The number of anilines is 1. The molecule has 0 saturated carbocycles. The topological polar surface area (TPSA) is 68.3 Å². The third-order valence-electron chi connectivity index (χ3n) is 4.07. The van der Waals surface area contributed by atoms with Crippen LogP contribution in [0.1, 0.15) is 5.69 Å². The lowest BCUT2D eigenvalue weighted by atomic mass is 10.1. The van der Waals surface area contributed by atoms with E-state index in [0.29, 0.717) is 11.4 Å². The zero-order valence-electron chi connectivity index (χ0n) is 14.8. The highest BCUT2D eigenvalue weighted by Gasteiger charge is 2.13. The molecule has 28 heavy (non-hydrogen) atoms. The summed E-state index contributed by atoms with van der Waals surface area (Å²) >= 11 is 3.09. The van der Waals surface area contributed by atoms with Crippen molar-refractivity contribution in [1.82, 2.24) is 4.98 Å². The van der Waals surface area contributed by atoms with Crippen molar-refractivity contribution in [3.8, 4) is 10.6 Å². The van der Waals surface area contributed by atoms with E-state index in [4.69, 9.17) is 4.74 Å². The molecule has 140 valence electrons. The molecule has 0 unspecified atom stereocenters. The maximum atomic E-state index is 12.2. The zero-order valence-corrected chi connectivity index (χ0v) is 16.4. The van der Waals surface area contributed by atoms with Crippen LogP contribution in [-0.2, 0) is 20.7 Å². The van der Waals surface area contributed by atoms with Gasteiger partial charge in [-0.25, -0.2) is 4.98 Å². The number of amides is 1. The summed E-state index contributed by atoms with van der Waals surface area (Å²) in [6, 6.07) is 15.4. The molecular weight excluding hydrogens is 392 g/mol. The predicted octanol–water partition coefficient (Wildman–Crippen LogP) is 4.75. The Morgan fingerprint density at radius 1 is 1.04 bits per heavy atom. The lowest BCUT2D eigenvalue weighted by Gasteiger charge is -2.09. The van der Waals surface area contributed by atoms with Crippen LogP contribution in [-0.4, -0.2) is 23.5 Å². The molecule has 0 aliphatic rings. The second-order valence-corrected chi connectivity index (χ2v) is 7.71. The molecule has 0 atom stereocenters. The van der Waals surface area contributed by atoms with Gasteiger partial charge in [0.05, 0.1) is 12.1 Å². The van der Waals surface area contributed by atoms with Crippen molar-refractivity contribution >= 4 is 51.0 Å². The molecule has 7 heteroatoms. The second-order valence-electron chi connectivity index (χ2n) is 6.07. The smallest absolute Gasteiger partial charge is 0.312 e. The van der Waals surface area contributed by atoms with Gasteiger partial charge in [0.2, 0.25) is 0 Å². The minimum absolute atomic E-state index is 0.0438. The number of esters is 1. The molecule has 2 heterocycles. The van der Waals surface area contributed by atoms with Crippen LogP contribution in [0.5, 0.6) is 0 Å². The molecule has 1 N–H and O–H groups in total. The van der Waals surface area contributed by atoms with E-state index in [1.807, 2.05) is 64.7 Å². The number of benzene rings is 2. The van der Waals surface area contributed by atoms with Gasteiger partial charge < -0.3 is 10.1 Å². The van der Waals surface area contributed by atoms with E-state index in [2.05, 4.69) is 10.3 Å². The fraction of sp³-hybridized carbons (Fsp3) is 0.0952. The van der Waals surface area contributed by atoms with Gasteiger partial charge in [-0.1, -0.05) is 36.4 Å². The fourth-order valence-corrected chi connectivity index (χ4v) is 4.30. The first kappa shape index (κ1) is 18.3. The summed E-state index contributed by atoms with van der Waals surface area (Å²) < 4.78 is 5.11. The molecule has 1 amide bonds. The third-order valence-corrected chi connectivity index (χ3v) is 5.70. The van der Waals surface area contributed by atoms with Crippen LogP contribution in [0.15, 0.2) is 64.7 Å². The van der Waals surface area contributed by atoms with Crippen LogP contribution in [0.25, 0.3) is 21.3 Å². The lowest BCUT2D eigenvalue weighted by molar-refractivity contribution is -0.146. The number of hydrogen-bond donors (Lipinski definition) is 1. The monoisotopic (exact) mass is 408 g/mol. The second kappa shape index (κ2) is 8.33. The molecule has 0 aliphatic heterocycles. The van der Waals surface area contributed by atoms with Gasteiger partial charge in [0.1, 0.15) is 5.01 Å². The first-order valence-corrected chi connectivity index (χ1v) is 10.4. The molecular formula is C21H16N2O3S2. The Morgan fingerprint density at radius 2 is 1.89 bits per heavy atom. The Balaban J connectivity index is 1.31. The van der Waals surface area contributed by atoms with E-state index in [0.717, 1.165) is 21.3 Å². The molecule has 0 fully saturated rings. The van der Waals surface area contributed by atoms with Gasteiger partial charge in [-0.05, 0) is 22.9 Å². The Morgan fingerprint density at radius 3 is 2.75 bits per heavy atom. The molecule has 0 bridgehead atoms. The largest absolute Gasteiger partial charge is 0.455 e. The van der Waals surface area contributed by atoms with Gasteiger partial charge in [0.25, 0.3) is 5.91 Å². The van der Waals surface area contributed by atoms with Gasteiger partial charge in [0.15, 0.2) is 6.61 Å². The first-order valence-electron chi connectivity index (χ1n) is 8.59. The van der Waals surface area contributed by atoms with E-state index in [9.17, 15) is 9.59 Å². The third kappa shape index (κ3) is 4.27. The number of thiazole rings is 1. The number of ether oxygens (including phenoxy) is 1. The summed E-state index contributed by atoms with van der Waals surface area (Å²) in [6.45, 7) is -0.330. The number of carbonyl (C=O) groups excluding carboxylic acids is 2. The van der Waals surface area contributed by atoms with Crippen LogP contribution in [0.3, 0.4) is 0 Å². The highest BCUT2D eigenvalue weighted by Crippen LogP contribution is 2.26. The molecule has 2 aromatic carbocycles. The summed E-state index contributed by atoms with van der Waals surface area (Å²) in [5, 5.41) is 11.5.